The number of hydrogen-bond acceptors (Lipinski definition) is 3. The van der Waals surface area contributed by atoms with E-state index in [2.05, 4.69) is 18.3 Å². The first kappa shape index (κ1) is 17.6. The second-order valence-electron chi connectivity index (χ2n) is 4.92. The highest BCUT2D eigenvalue weighted by Gasteiger charge is 2.15. The molecule has 0 bridgehead atoms. The van der Waals surface area contributed by atoms with Gasteiger partial charge in [0, 0.05) is 18.0 Å². The Morgan fingerprint density at radius 3 is 2.52 bits per heavy atom. The van der Waals surface area contributed by atoms with Crippen molar-refractivity contribution in [1.82, 2.24) is 10.2 Å². The summed E-state index contributed by atoms with van der Waals surface area (Å²) in [5.74, 6) is 0.245. The van der Waals surface area contributed by atoms with E-state index in [0.29, 0.717) is 18.8 Å². The average molecular weight is 308 g/mol. The third-order valence-electron chi connectivity index (χ3n) is 3.12. The van der Waals surface area contributed by atoms with Gasteiger partial charge >= 0.3 is 0 Å². The van der Waals surface area contributed by atoms with E-state index in [1.54, 1.807) is 4.90 Å². The second kappa shape index (κ2) is 8.72. The lowest BCUT2D eigenvalue weighted by Crippen LogP contribution is -2.41. The van der Waals surface area contributed by atoms with E-state index in [0.717, 1.165) is 4.90 Å². The molecular formula is C16H24N2O2S. The maximum atomic E-state index is 12.2. The van der Waals surface area contributed by atoms with Gasteiger partial charge in [0.15, 0.2) is 0 Å². The largest absolute Gasteiger partial charge is 0.355 e. The van der Waals surface area contributed by atoms with Gasteiger partial charge in [-0.3, -0.25) is 9.59 Å². The minimum Gasteiger partial charge on any atom is -0.355 e. The van der Waals surface area contributed by atoms with Gasteiger partial charge in [-0.1, -0.05) is 17.7 Å². The molecule has 0 saturated carbocycles. The molecule has 0 fully saturated rings. The zero-order valence-electron chi connectivity index (χ0n) is 13.2. The van der Waals surface area contributed by atoms with E-state index in [1.165, 1.54) is 22.9 Å². The van der Waals surface area contributed by atoms with Gasteiger partial charge in [-0.2, -0.15) is 0 Å². The van der Waals surface area contributed by atoms with Gasteiger partial charge in [-0.25, -0.2) is 0 Å². The molecule has 1 N–H and O–H groups in total. The van der Waals surface area contributed by atoms with Gasteiger partial charge in [-0.05, 0) is 39.3 Å². The van der Waals surface area contributed by atoms with Crippen molar-refractivity contribution in [2.75, 3.05) is 25.4 Å². The van der Waals surface area contributed by atoms with Crippen molar-refractivity contribution in [3.8, 4) is 0 Å². The zero-order chi connectivity index (χ0) is 15.8. The molecule has 5 heteroatoms. The molecule has 21 heavy (non-hydrogen) atoms. The quantitative estimate of drug-likeness (QED) is 0.787. The Morgan fingerprint density at radius 1 is 1.24 bits per heavy atom. The predicted molar refractivity (Wildman–Crippen MR) is 87.6 cm³/mol. The van der Waals surface area contributed by atoms with Crippen LogP contribution in [-0.4, -0.2) is 42.1 Å². The molecule has 0 unspecified atom stereocenters. The van der Waals surface area contributed by atoms with Gasteiger partial charge in [-0.15, -0.1) is 11.8 Å². The first-order valence-electron chi connectivity index (χ1n) is 7.22. The SMILES string of the molecule is CCNC(=O)CN(CC)C(=O)CSc1ccc(C)cc1C. The summed E-state index contributed by atoms with van der Waals surface area (Å²) >= 11 is 1.53. The zero-order valence-corrected chi connectivity index (χ0v) is 14.0. The van der Waals surface area contributed by atoms with Crippen molar-refractivity contribution in [1.29, 1.82) is 0 Å². The number of carbonyl (C=O) groups excluding carboxylic acids is 2. The van der Waals surface area contributed by atoms with Crippen LogP contribution in [0.4, 0.5) is 0 Å². The fraction of sp³-hybridized carbons (Fsp3) is 0.500. The van der Waals surface area contributed by atoms with Crippen LogP contribution in [0.5, 0.6) is 0 Å². The number of benzene rings is 1. The van der Waals surface area contributed by atoms with Crippen LogP contribution in [0.2, 0.25) is 0 Å². The summed E-state index contributed by atoms with van der Waals surface area (Å²) in [7, 11) is 0. The molecule has 4 nitrogen and oxygen atoms in total. The third-order valence-corrected chi connectivity index (χ3v) is 4.28. The fourth-order valence-electron chi connectivity index (χ4n) is 1.99. The van der Waals surface area contributed by atoms with E-state index >= 15 is 0 Å². The molecule has 1 aromatic carbocycles. The summed E-state index contributed by atoms with van der Waals surface area (Å²) < 4.78 is 0. The molecule has 0 saturated heterocycles. The number of nitrogens with one attached hydrogen (secondary N) is 1. The van der Waals surface area contributed by atoms with Crippen molar-refractivity contribution in [3.63, 3.8) is 0 Å². The fourth-order valence-corrected chi connectivity index (χ4v) is 2.91. The molecule has 0 aliphatic rings. The summed E-state index contributed by atoms with van der Waals surface area (Å²) in [4.78, 5) is 26.5. The Balaban J connectivity index is 2.56. The van der Waals surface area contributed by atoms with Crippen LogP contribution in [-0.2, 0) is 9.59 Å². The lowest BCUT2D eigenvalue weighted by molar-refractivity contribution is -0.133. The number of hydrogen-bond donors (Lipinski definition) is 1. The standard InChI is InChI=1S/C16H24N2O2S/c1-5-17-15(19)10-18(6-2)16(20)11-21-14-8-7-12(3)9-13(14)4/h7-9H,5-6,10-11H2,1-4H3,(H,17,19). The monoisotopic (exact) mass is 308 g/mol. The predicted octanol–water partition coefficient (Wildman–Crippen LogP) is 2.38. The molecule has 0 aliphatic heterocycles. The van der Waals surface area contributed by atoms with Crippen molar-refractivity contribution in [2.24, 2.45) is 0 Å². The average Bonchev–Trinajstić information content (AvgIpc) is 2.43. The molecule has 1 rings (SSSR count). The summed E-state index contributed by atoms with van der Waals surface area (Å²) in [6, 6.07) is 6.20. The van der Waals surface area contributed by atoms with Crippen LogP contribution in [0.25, 0.3) is 0 Å². The number of aryl methyl sites for hydroxylation is 2. The number of thioether (sulfide) groups is 1. The van der Waals surface area contributed by atoms with E-state index in [1.807, 2.05) is 32.9 Å². The topological polar surface area (TPSA) is 49.4 Å². The lowest BCUT2D eigenvalue weighted by atomic mass is 10.2. The van der Waals surface area contributed by atoms with Crippen molar-refractivity contribution < 1.29 is 9.59 Å². The van der Waals surface area contributed by atoms with Gasteiger partial charge in [0.1, 0.15) is 0 Å². The molecule has 0 aliphatic carbocycles. The van der Waals surface area contributed by atoms with E-state index in [-0.39, 0.29) is 18.4 Å². The van der Waals surface area contributed by atoms with Crippen LogP contribution in [0.3, 0.4) is 0 Å². The molecule has 0 radical (unpaired) electrons. The number of nitrogens with zero attached hydrogens (tertiary/aromatic N) is 1. The summed E-state index contributed by atoms with van der Waals surface area (Å²) in [5, 5.41) is 2.71. The highest BCUT2D eigenvalue weighted by Crippen LogP contribution is 2.23. The molecule has 0 aromatic heterocycles. The summed E-state index contributed by atoms with van der Waals surface area (Å²) in [6.45, 7) is 9.12. The summed E-state index contributed by atoms with van der Waals surface area (Å²) in [6.07, 6.45) is 0. The van der Waals surface area contributed by atoms with Crippen LogP contribution >= 0.6 is 11.8 Å². The Bertz CT molecular complexity index is 503. The highest BCUT2D eigenvalue weighted by atomic mass is 32.2. The number of amides is 2. The van der Waals surface area contributed by atoms with Crippen LogP contribution in [0.1, 0.15) is 25.0 Å². The normalized spacial score (nSPS) is 10.3. The smallest absolute Gasteiger partial charge is 0.239 e. The van der Waals surface area contributed by atoms with E-state index in [9.17, 15) is 9.59 Å². The van der Waals surface area contributed by atoms with Crippen LogP contribution in [0, 0.1) is 13.8 Å². The van der Waals surface area contributed by atoms with E-state index in [4.69, 9.17) is 0 Å². The van der Waals surface area contributed by atoms with Gasteiger partial charge in [0.25, 0.3) is 0 Å². The van der Waals surface area contributed by atoms with Crippen molar-refractivity contribution in [2.45, 2.75) is 32.6 Å². The van der Waals surface area contributed by atoms with Crippen molar-refractivity contribution >= 4 is 23.6 Å². The van der Waals surface area contributed by atoms with E-state index < -0.39 is 0 Å². The minimum absolute atomic E-state index is 0.00581. The second-order valence-corrected chi connectivity index (χ2v) is 5.94. The minimum atomic E-state index is -0.107. The summed E-state index contributed by atoms with van der Waals surface area (Å²) in [5.41, 5.74) is 2.40. The molecular weight excluding hydrogens is 284 g/mol. The molecule has 0 atom stereocenters. The van der Waals surface area contributed by atoms with Gasteiger partial charge < -0.3 is 10.2 Å². The Hall–Kier alpha value is -1.49. The lowest BCUT2D eigenvalue weighted by Gasteiger charge is -2.20. The third kappa shape index (κ3) is 5.79. The number of carbonyl (C=O) groups is 2. The van der Waals surface area contributed by atoms with Crippen molar-refractivity contribution in [3.05, 3.63) is 29.3 Å². The maximum Gasteiger partial charge on any atom is 0.239 e. The molecule has 0 spiro atoms. The first-order valence-corrected chi connectivity index (χ1v) is 8.21. The Kier molecular flexibility index (Phi) is 7.29. The molecule has 2 amide bonds. The number of rotatable bonds is 7. The Labute approximate surface area is 131 Å². The maximum absolute atomic E-state index is 12.2. The number of likely N-dealkylation sites (N-methyl/N-ethyl adjacent to an activating group) is 2. The molecule has 0 heterocycles. The van der Waals surface area contributed by atoms with Crippen LogP contribution < -0.4 is 5.32 Å². The highest BCUT2D eigenvalue weighted by molar-refractivity contribution is 8.00. The molecule has 116 valence electrons. The van der Waals surface area contributed by atoms with Gasteiger partial charge in [0.2, 0.25) is 11.8 Å². The Morgan fingerprint density at radius 2 is 1.95 bits per heavy atom. The van der Waals surface area contributed by atoms with Crippen LogP contribution in [0.15, 0.2) is 23.1 Å². The van der Waals surface area contributed by atoms with Gasteiger partial charge in [0.05, 0.1) is 12.3 Å². The molecule has 1 aromatic rings. The first-order chi connectivity index (χ1) is 9.97.